The van der Waals surface area contributed by atoms with Crippen LogP contribution >= 0.6 is 0 Å². The third-order valence-electron chi connectivity index (χ3n) is 17.6. The zero-order valence-corrected chi connectivity index (χ0v) is 56.2. The average molecular weight is 1170 g/mol. The van der Waals surface area contributed by atoms with Crippen molar-refractivity contribution < 1.29 is 24.5 Å². The van der Waals surface area contributed by atoms with Crippen molar-refractivity contribution in [1.82, 2.24) is 5.32 Å². The molecule has 0 saturated carbocycles. The number of hydrogen-bond acceptors (Lipinski definition) is 5. The van der Waals surface area contributed by atoms with Crippen molar-refractivity contribution in [3.63, 3.8) is 0 Å². The number of esters is 1. The number of aliphatic hydroxyl groups is 2. The van der Waals surface area contributed by atoms with Crippen LogP contribution in [0.5, 0.6) is 0 Å². The molecule has 1 amide bonds. The van der Waals surface area contributed by atoms with Crippen LogP contribution in [-0.4, -0.2) is 47.4 Å². The van der Waals surface area contributed by atoms with Crippen LogP contribution in [0.4, 0.5) is 0 Å². The Morgan fingerprint density at radius 2 is 0.627 bits per heavy atom. The highest BCUT2D eigenvalue weighted by Gasteiger charge is 2.20. The number of unbranched alkanes of at least 4 members (excludes halogenated alkanes) is 54. The topological polar surface area (TPSA) is 95.9 Å². The summed E-state index contributed by atoms with van der Waals surface area (Å²) in [5, 5.41) is 23.4. The summed E-state index contributed by atoms with van der Waals surface area (Å²) < 4.78 is 5.48. The summed E-state index contributed by atoms with van der Waals surface area (Å²) in [6.45, 7) is 4.92. The molecule has 490 valence electrons. The van der Waals surface area contributed by atoms with Gasteiger partial charge in [-0.25, -0.2) is 0 Å². The van der Waals surface area contributed by atoms with Gasteiger partial charge in [0.15, 0.2) is 0 Å². The number of aliphatic hydroxyl groups excluding tert-OH is 2. The summed E-state index contributed by atoms with van der Waals surface area (Å²) in [5.74, 6) is -0.0237. The number of hydrogen-bond donors (Lipinski definition) is 3. The summed E-state index contributed by atoms with van der Waals surface area (Å²) in [5.41, 5.74) is 0. The Morgan fingerprint density at radius 1 is 0.337 bits per heavy atom. The van der Waals surface area contributed by atoms with E-state index in [0.29, 0.717) is 25.9 Å². The van der Waals surface area contributed by atoms with E-state index in [4.69, 9.17) is 4.74 Å². The quantitative estimate of drug-likeness (QED) is 0.0320. The summed E-state index contributed by atoms with van der Waals surface area (Å²) in [6, 6.07) is -0.540. The molecule has 0 aromatic carbocycles. The molecule has 0 bridgehead atoms. The monoisotopic (exact) mass is 1170 g/mol. The maximum atomic E-state index is 12.6. The van der Waals surface area contributed by atoms with Crippen molar-refractivity contribution in [2.45, 2.75) is 431 Å². The maximum absolute atomic E-state index is 12.6. The molecule has 0 aromatic heterocycles. The number of carbonyl (C=O) groups is 2. The molecule has 83 heavy (non-hydrogen) atoms. The van der Waals surface area contributed by atoms with Gasteiger partial charge >= 0.3 is 5.97 Å². The van der Waals surface area contributed by atoms with Crippen LogP contribution in [0.25, 0.3) is 0 Å². The molecule has 2 atom stereocenters. The van der Waals surface area contributed by atoms with Crippen LogP contribution in [0, 0.1) is 0 Å². The molecule has 0 rings (SSSR count). The van der Waals surface area contributed by atoms with E-state index in [2.05, 4.69) is 55.6 Å². The number of allylic oxidation sites excluding steroid dienone is 6. The fourth-order valence-electron chi connectivity index (χ4n) is 11.9. The Labute approximate surface area is 519 Å². The van der Waals surface area contributed by atoms with Crippen LogP contribution in [0.15, 0.2) is 36.5 Å². The first-order chi connectivity index (χ1) is 41.0. The first kappa shape index (κ1) is 81.1. The van der Waals surface area contributed by atoms with Crippen molar-refractivity contribution in [2.24, 2.45) is 0 Å². The molecule has 0 aliphatic heterocycles. The van der Waals surface area contributed by atoms with Crippen LogP contribution in [0.2, 0.25) is 0 Å². The van der Waals surface area contributed by atoms with Gasteiger partial charge in [-0.1, -0.05) is 365 Å². The van der Waals surface area contributed by atoms with Gasteiger partial charge in [-0.2, -0.15) is 0 Å². The van der Waals surface area contributed by atoms with Gasteiger partial charge in [-0.3, -0.25) is 9.59 Å². The van der Waals surface area contributed by atoms with E-state index in [-0.39, 0.29) is 18.5 Å². The molecule has 3 N–H and O–H groups in total. The lowest BCUT2D eigenvalue weighted by molar-refractivity contribution is -0.143. The number of carbonyl (C=O) groups excluding carboxylic acids is 2. The SMILES string of the molecule is CCC/C=C\C/C=C\CCCCCCCC(=O)OCCCCCCCCCCCCCC/C=C\CCCCCCCCCCCCCCCCCCCC(=O)NC(CO)C(O)CCCCCCCCCCCCCCCCCCCCCC. The maximum Gasteiger partial charge on any atom is 0.305 e. The minimum absolute atomic E-state index is 0.00374. The van der Waals surface area contributed by atoms with Gasteiger partial charge in [0, 0.05) is 12.8 Å². The number of ether oxygens (including phenoxy) is 1. The van der Waals surface area contributed by atoms with Gasteiger partial charge in [-0.05, 0) is 77.0 Å². The predicted octanol–water partition coefficient (Wildman–Crippen LogP) is 24.7. The van der Waals surface area contributed by atoms with Gasteiger partial charge < -0.3 is 20.3 Å². The van der Waals surface area contributed by atoms with E-state index < -0.39 is 12.1 Å². The van der Waals surface area contributed by atoms with Crippen molar-refractivity contribution >= 4 is 11.9 Å². The predicted molar refractivity (Wildman–Crippen MR) is 366 cm³/mol. The lowest BCUT2D eigenvalue weighted by Crippen LogP contribution is -2.45. The standard InChI is InChI=1S/C77H147NO5/c1-3-5-7-9-11-13-15-17-18-19-20-36-39-42-46-49-53-57-61-65-69-75(80)74(73-79)78-76(81)70-66-62-58-54-50-47-43-40-37-34-32-30-28-26-24-22-21-23-25-27-29-31-33-35-38-41-44-48-52-56-60-64-68-72-83-77(82)71-67-63-59-55-51-45-16-14-12-10-8-6-4-2/h8,10,14,16,25,27,74-75,79-80H,3-7,9,11-13,15,17-24,26,28-73H2,1-2H3,(H,78,81)/b10-8-,16-14-,27-25-. The summed E-state index contributed by atoms with van der Waals surface area (Å²) in [6.07, 6.45) is 93.6. The normalized spacial score (nSPS) is 12.7. The van der Waals surface area contributed by atoms with Crippen LogP contribution in [-0.2, 0) is 14.3 Å². The van der Waals surface area contributed by atoms with Crippen molar-refractivity contribution in [3.8, 4) is 0 Å². The van der Waals surface area contributed by atoms with Gasteiger partial charge in [0.2, 0.25) is 5.91 Å². The molecule has 0 saturated heterocycles. The molecule has 0 aromatic rings. The molecule has 2 unspecified atom stereocenters. The van der Waals surface area contributed by atoms with Crippen molar-refractivity contribution in [2.75, 3.05) is 13.2 Å². The Kier molecular flexibility index (Phi) is 70.9. The molecule has 6 nitrogen and oxygen atoms in total. The molecular formula is C77H147NO5. The van der Waals surface area contributed by atoms with Crippen molar-refractivity contribution in [1.29, 1.82) is 0 Å². The zero-order chi connectivity index (χ0) is 59.9. The summed E-state index contributed by atoms with van der Waals surface area (Å²) in [4.78, 5) is 24.6. The highest BCUT2D eigenvalue weighted by Crippen LogP contribution is 2.19. The van der Waals surface area contributed by atoms with Crippen LogP contribution in [0.1, 0.15) is 418 Å². The zero-order valence-electron chi connectivity index (χ0n) is 56.2. The fourth-order valence-corrected chi connectivity index (χ4v) is 11.9. The van der Waals surface area contributed by atoms with E-state index in [1.807, 2.05) is 0 Å². The van der Waals surface area contributed by atoms with Gasteiger partial charge in [0.05, 0.1) is 25.4 Å². The Hall–Kier alpha value is -1.92. The fraction of sp³-hybridized carbons (Fsp3) is 0.896. The van der Waals surface area contributed by atoms with Gasteiger partial charge in [0.25, 0.3) is 0 Å². The third-order valence-corrected chi connectivity index (χ3v) is 17.6. The summed E-state index contributed by atoms with van der Waals surface area (Å²) >= 11 is 0. The van der Waals surface area contributed by atoms with Gasteiger partial charge in [0.1, 0.15) is 0 Å². The van der Waals surface area contributed by atoms with Gasteiger partial charge in [-0.15, -0.1) is 0 Å². The Bertz CT molecular complexity index is 1340. The Morgan fingerprint density at radius 3 is 0.976 bits per heavy atom. The molecule has 0 aliphatic rings. The van der Waals surface area contributed by atoms with Crippen LogP contribution < -0.4 is 5.32 Å². The molecule has 0 spiro atoms. The largest absolute Gasteiger partial charge is 0.466 e. The second-order valence-corrected chi connectivity index (χ2v) is 26.0. The van der Waals surface area contributed by atoms with E-state index in [1.54, 1.807) is 0 Å². The first-order valence-corrected chi connectivity index (χ1v) is 37.7. The minimum Gasteiger partial charge on any atom is -0.466 e. The summed E-state index contributed by atoms with van der Waals surface area (Å²) in [7, 11) is 0. The Balaban J connectivity index is 3.36. The molecule has 0 heterocycles. The second kappa shape index (κ2) is 72.6. The number of amides is 1. The van der Waals surface area contributed by atoms with E-state index >= 15 is 0 Å². The lowest BCUT2D eigenvalue weighted by Gasteiger charge is -2.22. The molecule has 0 radical (unpaired) electrons. The van der Waals surface area contributed by atoms with Crippen molar-refractivity contribution in [3.05, 3.63) is 36.5 Å². The highest BCUT2D eigenvalue weighted by molar-refractivity contribution is 5.76. The minimum atomic E-state index is -0.663. The molecule has 0 aliphatic carbocycles. The first-order valence-electron chi connectivity index (χ1n) is 37.7. The highest BCUT2D eigenvalue weighted by atomic mass is 16.5. The molecule has 0 fully saturated rings. The van der Waals surface area contributed by atoms with E-state index in [0.717, 1.165) is 51.4 Å². The lowest BCUT2D eigenvalue weighted by atomic mass is 10.0. The number of rotatable bonds is 71. The molecule has 6 heteroatoms. The smallest absolute Gasteiger partial charge is 0.305 e. The third kappa shape index (κ3) is 69.1. The van der Waals surface area contributed by atoms with E-state index in [9.17, 15) is 19.8 Å². The van der Waals surface area contributed by atoms with E-state index in [1.165, 1.54) is 334 Å². The van der Waals surface area contributed by atoms with Crippen LogP contribution in [0.3, 0.4) is 0 Å². The number of nitrogens with one attached hydrogen (secondary N) is 1. The second-order valence-electron chi connectivity index (χ2n) is 26.0. The average Bonchev–Trinajstić information content (AvgIpc) is 3.49. The molecular weight excluding hydrogens is 1020 g/mol.